The highest BCUT2D eigenvalue weighted by atomic mass is 16.5. The molecule has 6 nitrogen and oxygen atoms in total. The Morgan fingerprint density at radius 3 is 2.90 bits per heavy atom. The van der Waals surface area contributed by atoms with Crippen molar-refractivity contribution >= 4 is 11.6 Å². The first-order chi connectivity index (χ1) is 9.65. The SMILES string of the molecule is CCCCN(C)C(=O)c1cn2nc(OCC)ccc2n1. The summed E-state index contributed by atoms with van der Waals surface area (Å²) >= 11 is 0. The van der Waals surface area contributed by atoms with Gasteiger partial charge in [-0.1, -0.05) is 13.3 Å². The average Bonchev–Trinajstić information content (AvgIpc) is 2.87. The van der Waals surface area contributed by atoms with Crippen LogP contribution in [0.5, 0.6) is 5.88 Å². The zero-order valence-electron chi connectivity index (χ0n) is 12.2. The second-order valence-electron chi connectivity index (χ2n) is 4.61. The van der Waals surface area contributed by atoms with Gasteiger partial charge >= 0.3 is 0 Å². The van der Waals surface area contributed by atoms with Crippen LogP contribution in [0, 0.1) is 0 Å². The average molecular weight is 276 g/mol. The minimum Gasteiger partial charge on any atom is -0.477 e. The van der Waals surface area contributed by atoms with Crippen molar-refractivity contribution in [1.82, 2.24) is 19.5 Å². The molecule has 1 amide bonds. The van der Waals surface area contributed by atoms with Crippen molar-refractivity contribution in [3.8, 4) is 5.88 Å². The Bertz CT molecular complexity index is 594. The number of nitrogens with zero attached hydrogens (tertiary/aromatic N) is 4. The fraction of sp³-hybridized carbons (Fsp3) is 0.500. The number of amides is 1. The molecule has 6 heteroatoms. The second kappa shape index (κ2) is 6.36. The van der Waals surface area contributed by atoms with E-state index in [4.69, 9.17) is 4.74 Å². The van der Waals surface area contributed by atoms with Gasteiger partial charge in [0.1, 0.15) is 5.69 Å². The summed E-state index contributed by atoms with van der Waals surface area (Å²) in [7, 11) is 1.79. The van der Waals surface area contributed by atoms with Crippen molar-refractivity contribution in [2.45, 2.75) is 26.7 Å². The quantitative estimate of drug-likeness (QED) is 0.809. The lowest BCUT2D eigenvalue weighted by Crippen LogP contribution is -2.27. The highest BCUT2D eigenvalue weighted by Gasteiger charge is 2.15. The molecule has 2 rings (SSSR count). The number of carbonyl (C=O) groups excluding carboxylic acids is 1. The topological polar surface area (TPSA) is 59.7 Å². The summed E-state index contributed by atoms with van der Waals surface area (Å²) in [5, 5.41) is 4.25. The lowest BCUT2D eigenvalue weighted by molar-refractivity contribution is 0.0788. The minimum absolute atomic E-state index is 0.0816. The molecule has 2 heterocycles. The number of hydrogen-bond donors (Lipinski definition) is 0. The molecular weight excluding hydrogens is 256 g/mol. The fourth-order valence-electron chi connectivity index (χ4n) is 1.88. The monoisotopic (exact) mass is 276 g/mol. The van der Waals surface area contributed by atoms with Crippen LogP contribution >= 0.6 is 0 Å². The molecule has 0 aliphatic heterocycles. The van der Waals surface area contributed by atoms with Crippen LogP contribution < -0.4 is 4.74 Å². The van der Waals surface area contributed by atoms with Gasteiger partial charge in [-0.15, -0.1) is 5.10 Å². The third-order valence-corrected chi connectivity index (χ3v) is 3.00. The molecule has 2 aromatic rings. The first-order valence-electron chi connectivity index (χ1n) is 6.90. The molecule has 0 saturated carbocycles. The summed E-state index contributed by atoms with van der Waals surface area (Å²) in [6.45, 7) is 5.29. The van der Waals surface area contributed by atoms with Crippen molar-refractivity contribution in [2.75, 3.05) is 20.2 Å². The van der Waals surface area contributed by atoms with Crippen LogP contribution in [0.15, 0.2) is 18.3 Å². The van der Waals surface area contributed by atoms with E-state index in [0.717, 1.165) is 19.4 Å². The first kappa shape index (κ1) is 14.3. The van der Waals surface area contributed by atoms with E-state index in [0.29, 0.717) is 23.8 Å². The van der Waals surface area contributed by atoms with Gasteiger partial charge in [-0.3, -0.25) is 4.79 Å². The van der Waals surface area contributed by atoms with Crippen LogP contribution in [0.1, 0.15) is 37.2 Å². The Kier molecular flexibility index (Phi) is 4.55. The van der Waals surface area contributed by atoms with E-state index in [1.165, 1.54) is 0 Å². The Morgan fingerprint density at radius 2 is 2.20 bits per heavy atom. The van der Waals surface area contributed by atoms with Gasteiger partial charge in [0.15, 0.2) is 5.65 Å². The van der Waals surface area contributed by atoms with Gasteiger partial charge in [-0.2, -0.15) is 0 Å². The Balaban J connectivity index is 2.20. The zero-order valence-corrected chi connectivity index (χ0v) is 12.2. The van der Waals surface area contributed by atoms with E-state index in [2.05, 4.69) is 17.0 Å². The number of unbranched alkanes of at least 4 members (excludes halogenated alkanes) is 1. The number of aromatic nitrogens is 3. The molecule has 2 aromatic heterocycles. The number of carbonyl (C=O) groups is 1. The molecule has 0 aliphatic carbocycles. The first-order valence-corrected chi connectivity index (χ1v) is 6.90. The fourth-order valence-corrected chi connectivity index (χ4v) is 1.88. The molecule has 0 radical (unpaired) electrons. The maximum Gasteiger partial charge on any atom is 0.273 e. The molecule has 0 saturated heterocycles. The van der Waals surface area contributed by atoms with Crippen LogP contribution in [0.2, 0.25) is 0 Å². The van der Waals surface area contributed by atoms with Crippen molar-refractivity contribution in [2.24, 2.45) is 0 Å². The van der Waals surface area contributed by atoms with E-state index in [9.17, 15) is 4.79 Å². The molecule has 0 N–H and O–H groups in total. The predicted octanol–water partition coefficient (Wildman–Crippen LogP) is 2.00. The van der Waals surface area contributed by atoms with E-state index in [1.54, 1.807) is 34.8 Å². The van der Waals surface area contributed by atoms with Gasteiger partial charge < -0.3 is 9.64 Å². The Hall–Kier alpha value is -2.11. The van der Waals surface area contributed by atoms with E-state index in [-0.39, 0.29) is 5.91 Å². The number of rotatable bonds is 6. The van der Waals surface area contributed by atoms with Crippen molar-refractivity contribution in [3.05, 3.63) is 24.0 Å². The standard InChI is InChI=1S/C14H20N4O2/c1-4-6-9-17(3)14(19)11-10-18-12(15-11)7-8-13(16-18)20-5-2/h7-8,10H,4-6,9H2,1-3H3. The van der Waals surface area contributed by atoms with Gasteiger partial charge in [-0.25, -0.2) is 9.50 Å². The van der Waals surface area contributed by atoms with Crippen LogP contribution in [-0.4, -0.2) is 45.6 Å². The Labute approximate surface area is 118 Å². The van der Waals surface area contributed by atoms with Gasteiger partial charge in [0.25, 0.3) is 5.91 Å². The van der Waals surface area contributed by atoms with Crippen molar-refractivity contribution in [1.29, 1.82) is 0 Å². The number of imidazole rings is 1. The smallest absolute Gasteiger partial charge is 0.273 e. The van der Waals surface area contributed by atoms with E-state index >= 15 is 0 Å². The zero-order chi connectivity index (χ0) is 14.5. The molecule has 0 fully saturated rings. The lowest BCUT2D eigenvalue weighted by Gasteiger charge is -2.14. The highest BCUT2D eigenvalue weighted by molar-refractivity contribution is 5.92. The molecular formula is C14H20N4O2. The molecule has 108 valence electrons. The third-order valence-electron chi connectivity index (χ3n) is 3.00. The van der Waals surface area contributed by atoms with Gasteiger partial charge in [0.05, 0.1) is 12.8 Å². The van der Waals surface area contributed by atoms with Gasteiger partial charge in [0, 0.05) is 19.7 Å². The highest BCUT2D eigenvalue weighted by Crippen LogP contribution is 2.11. The van der Waals surface area contributed by atoms with Crippen LogP contribution in [0.25, 0.3) is 5.65 Å². The summed E-state index contributed by atoms with van der Waals surface area (Å²) < 4.78 is 6.90. The van der Waals surface area contributed by atoms with Crippen LogP contribution in [0.4, 0.5) is 0 Å². The van der Waals surface area contributed by atoms with Crippen molar-refractivity contribution < 1.29 is 9.53 Å². The molecule has 0 unspecified atom stereocenters. The van der Waals surface area contributed by atoms with Gasteiger partial charge in [-0.05, 0) is 19.4 Å². The van der Waals surface area contributed by atoms with E-state index in [1.807, 2.05) is 6.92 Å². The minimum atomic E-state index is -0.0816. The number of ether oxygens (including phenoxy) is 1. The maximum absolute atomic E-state index is 12.2. The summed E-state index contributed by atoms with van der Waals surface area (Å²) in [6.07, 6.45) is 3.69. The third kappa shape index (κ3) is 3.07. The molecule has 0 spiro atoms. The molecule has 0 atom stereocenters. The Morgan fingerprint density at radius 1 is 1.40 bits per heavy atom. The summed E-state index contributed by atoms with van der Waals surface area (Å²) in [6, 6.07) is 3.54. The largest absolute Gasteiger partial charge is 0.477 e. The maximum atomic E-state index is 12.2. The van der Waals surface area contributed by atoms with Crippen LogP contribution in [-0.2, 0) is 0 Å². The molecule has 0 bridgehead atoms. The van der Waals surface area contributed by atoms with Crippen LogP contribution in [0.3, 0.4) is 0 Å². The van der Waals surface area contributed by atoms with Gasteiger partial charge in [0.2, 0.25) is 5.88 Å². The number of fused-ring (bicyclic) bond motifs is 1. The summed E-state index contributed by atoms with van der Waals surface area (Å²) in [5.74, 6) is 0.442. The predicted molar refractivity (Wildman–Crippen MR) is 76.0 cm³/mol. The van der Waals surface area contributed by atoms with E-state index < -0.39 is 0 Å². The lowest BCUT2D eigenvalue weighted by atomic mass is 10.3. The molecule has 20 heavy (non-hydrogen) atoms. The second-order valence-corrected chi connectivity index (χ2v) is 4.61. The summed E-state index contributed by atoms with van der Waals surface area (Å²) in [4.78, 5) is 18.2. The normalized spacial score (nSPS) is 10.8. The number of hydrogen-bond acceptors (Lipinski definition) is 4. The summed E-state index contributed by atoms with van der Waals surface area (Å²) in [5.41, 5.74) is 1.05. The van der Waals surface area contributed by atoms with Crippen molar-refractivity contribution in [3.63, 3.8) is 0 Å². The molecule has 0 aliphatic rings. The molecule has 0 aromatic carbocycles.